The van der Waals surface area contributed by atoms with E-state index in [1.165, 1.54) is 19.1 Å². The molecule has 0 aliphatic heterocycles. The summed E-state index contributed by atoms with van der Waals surface area (Å²) in [5, 5.41) is 0. The van der Waals surface area contributed by atoms with E-state index in [1.807, 2.05) is 0 Å². The van der Waals surface area contributed by atoms with E-state index in [2.05, 4.69) is 15.9 Å². The van der Waals surface area contributed by atoms with Crippen molar-refractivity contribution >= 4 is 43.2 Å². The Morgan fingerprint density at radius 2 is 1.88 bits per heavy atom. The molecule has 1 aromatic carbocycles. The van der Waals surface area contributed by atoms with Crippen molar-refractivity contribution in [1.29, 1.82) is 0 Å². The van der Waals surface area contributed by atoms with Crippen LogP contribution in [0.1, 0.15) is 17.3 Å². The fourth-order valence-corrected chi connectivity index (χ4v) is 2.58. The molecule has 1 aromatic rings. The number of Topliss-reactive ketones (excluding diaryl/α,β-unsaturated/α-hetero) is 1. The van der Waals surface area contributed by atoms with Gasteiger partial charge in [0.25, 0.3) is 0 Å². The second-order valence-electron chi connectivity index (χ2n) is 3.14. The molecule has 3 nitrogen and oxygen atoms in total. The van der Waals surface area contributed by atoms with Crippen LogP contribution in [-0.4, -0.2) is 24.7 Å². The predicted octanol–water partition coefficient (Wildman–Crippen LogP) is 2.63. The van der Waals surface area contributed by atoms with E-state index in [9.17, 15) is 13.2 Å². The number of ketones is 1. The second kappa shape index (κ2) is 5.29. The van der Waals surface area contributed by atoms with Crippen LogP contribution in [0.2, 0.25) is 0 Å². The third-order valence-electron chi connectivity index (χ3n) is 2.05. The molecular weight excluding hydrogens is 316 g/mol. The largest absolute Gasteiger partial charge is 0.291 e. The highest BCUT2D eigenvalue weighted by atomic mass is 79.9. The zero-order valence-corrected chi connectivity index (χ0v) is 11.6. The number of carbonyl (C=O) groups is 1. The van der Waals surface area contributed by atoms with Gasteiger partial charge in [-0.2, -0.15) is 0 Å². The zero-order chi connectivity index (χ0) is 12.3. The monoisotopic (exact) mass is 324 g/mol. The normalized spacial score (nSPS) is 13.4. The Labute approximate surface area is 108 Å². The third-order valence-corrected chi connectivity index (χ3v) is 5.24. The maximum Gasteiger partial charge on any atom is 0.197 e. The molecule has 0 saturated carbocycles. The van der Waals surface area contributed by atoms with Crippen molar-refractivity contribution in [2.45, 2.75) is 11.6 Å². The minimum atomic E-state index is -3.55. The molecule has 6 heteroatoms. The van der Waals surface area contributed by atoms with Crippen LogP contribution in [0.25, 0.3) is 0 Å². The number of rotatable bonds is 4. The van der Waals surface area contributed by atoms with Gasteiger partial charge in [0, 0.05) is 15.8 Å². The van der Waals surface area contributed by atoms with Crippen LogP contribution in [0.15, 0.2) is 28.7 Å². The smallest absolute Gasteiger partial charge is 0.197 e. The molecule has 0 N–H and O–H groups in total. The quantitative estimate of drug-likeness (QED) is 0.631. The molecule has 0 bridgehead atoms. The lowest BCUT2D eigenvalue weighted by atomic mass is 10.1. The lowest BCUT2D eigenvalue weighted by Gasteiger charge is -2.08. The van der Waals surface area contributed by atoms with E-state index in [0.29, 0.717) is 5.56 Å². The number of sulfone groups is 1. The molecule has 0 unspecified atom stereocenters. The summed E-state index contributed by atoms with van der Waals surface area (Å²) in [6, 6.07) is 6.39. The molecule has 1 atom stereocenters. The number of carbonyl (C=O) groups excluding carboxylic acids is 1. The molecule has 0 saturated heterocycles. The number of hydrogen-bond donors (Lipinski definition) is 0. The molecule has 0 amide bonds. The van der Waals surface area contributed by atoms with Gasteiger partial charge in [-0.1, -0.05) is 46.6 Å². The summed E-state index contributed by atoms with van der Waals surface area (Å²) in [4.78, 5) is 11.7. The van der Waals surface area contributed by atoms with Gasteiger partial charge in [-0.3, -0.25) is 4.79 Å². The summed E-state index contributed by atoms with van der Waals surface area (Å²) in [7, 11) is -3.55. The number of alkyl halides is 1. The minimum absolute atomic E-state index is 0.149. The van der Waals surface area contributed by atoms with Crippen LogP contribution in [0.5, 0.6) is 0 Å². The van der Waals surface area contributed by atoms with Crippen LogP contribution in [0, 0.1) is 0 Å². The zero-order valence-electron chi connectivity index (χ0n) is 8.48. The first-order valence-corrected chi connectivity index (χ1v) is 7.48. The van der Waals surface area contributed by atoms with E-state index in [1.54, 1.807) is 12.1 Å². The van der Waals surface area contributed by atoms with Gasteiger partial charge in [0.15, 0.2) is 20.3 Å². The van der Waals surface area contributed by atoms with Gasteiger partial charge in [0.05, 0.1) is 0 Å². The summed E-state index contributed by atoms with van der Waals surface area (Å²) in [6.45, 7) is 1.46. The number of hydrogen-bond acceptors (Lipinski definition) is 3. The average Bonchev–Trinajstić information content (AvgIpc) is 2.28. The van der Waals surface area contributed by atoms with E-state index < -0.39 is 20.3 Å². The number of benzene rings is 1. The van der Waals surface area contributed by atoms with Crippen LogP contribution >= 0.6 is 27.5 Å². The second-order valence-corrected chi connectivity index (χ2v) is 7.12. The molecule has 0 aliphatic carbocycles. The first kappa shape index (κ1) is 13.7. The van der Waals surface area contributed by atoms with Crippen LogP contribution in [0.3, 0.4) is 0 Å². The highest BCUT2D eigenvalue weighted by Crippen LogP contribution is 2.17. The van der Waals surface area contributed by atoms with Gasteiger partial charge >= 0.3 is 0 Å². The van der Waals surface area contributed by atoms with Crippen molar-refractivity contribution in [3.05, 3.63) is 34.3 Å². The van der Waals surface area contributed by atoms with Gasteiger partial charge in [-0.25, -0.2) is 8.42 Å². The van der Waals surface area contributed by atoms with Gasteiger partial charge < -0.3 is 0 Å². The van der Waals surface area contributed by atoms with Crippen molar-refractivity contribution in [3.63, 3.8) is 0 Å². The Kier molecular flexibility index (Phi) is 4.52. The molecular formula is C10H10BrClO3S. The van der Waals surface area contributed by atoms with Crippen LogP contribution in [0.4, 0.5) is 0 Å². The van der Waals surface area contributed by atoms with Crippen molar-refractivity contribution in [1.82, 2.24) is 0 Å². The molecule has 88 valence electrons. The minimum Gasteiger partial charge on any atom is -0.291 e. The maximum atomic E-state index is 11.7. The first-order chi connectivity index (χ1) is 7.38. The molecule has 16 heavy (non-hydrogen) atoms. The van der Waals surface area contributed by atoms with Gasteiger partial charge in [0.1, 0.15) is 0 Å². The van der Waals surface area contributed by atoms with Crippen molar-refractivity contribution in [2.75, 3.05) is 5.75 Å². The SMILES string of the molecule is CCS(=O)(=O)[C@H](Cl)C(=O)c1ccc(Br)cc1. The third kappa shape index (κ3) is 3.06. The maximum absolute atomic E-state index is 11.7. The Balaban J connectivity index is 2.99. The van der Waals surface area contributed by atoms with Crippen LogP contribution in [-0.2, 0) is 9.84 Å². The van der Waals surface area contributed by atoms with E-state index in [-0.39, 0.29) is 5.75 Å². The summed E-state index contributed by atoms with van der Waals surface area (Å²) in [5.41, 5.74) is 0.292. The van der Waals surface area contributed by atoms with E-state index in [0.717, 1.165) is 4.47 Å². The predicted molar refractivity (Wildman–Crippen MR) is 67.6 cm³/mol. The molecule has 0 aliphatic rings. The summed E-state index contributed by atoms with van der Waals surface area (Å²) >= 11 is 8.87. The number of halogens is 2. The highest BCUT2D eigenvalue weighted by Gasteiger charge is 2.29. The molecule has 0 heterocycles. The molecule has 1 rings (SSSR count). The molecule has 0 radical (unpaired) electrons. The summed E-state index contributed by atoms with van der Waals surface area (Å²) in [6.07, 6.45) is 0. The lowest BCUT2D eigenvalue weighted by molar-refractivity contribution is 0.101. The van der Waals surface area contributed by atoms with E-state index in [4.69, 9.17) is 11.6 Å². The Morgan fingerprint density at radius 3 is 2.31 bits per heavy atom. The first-order valence-electron chi connectivity index (χ1n) is 4.54. The van der Waals surface area contributed by atoms with Gasteiger partial charge in [0.2, 0.25) is 0 Å². The Hall–Kier alpha value is -0.390. The van der Waals surface area contributed by atoms with E-state index >= 15 is 0 Å². The fourth-order valence-electron chi connectivity index (χ4n) is 1.05. The standard InChI is InChI=1S/C10H10BrClO3S/c1-2-16(14,15)10(12)9(13)7-3-5-8(11)6-4-7/h3-6,10H,2H2,1H3/t10-/m0/s1. The average molecular weight is 326 g/mol. The van der Waals surface area contributed by atoms with Crippen LogP contribution < -0.4 is 0 Å². The molecule has 0 fully saturated rings. The fraction of sp³-hybridized carbons (Fsp3) is 0.300. The Bertz CT molecular complexity index is 481. The summed E-state index contributed by atoms with van der Waals surface area (Å²) in [5.74, 6) is -0.736. The van der Waals surface area contributed by atoms with Gasteiger partial charge in [-0.05, 0) is 12.1 Å². The highest BCUT2D eigenvalue weighted by molar-refractivity contribution is 9.10. The summed E-state index contributed by atoms with van der Waals surface area (Å²) < 4.78 is 22.2. The van der Waals surface area contributed by atoms with Gasteiger partial charge in [-0.15, -0.1) is 0 Å². The Morgan fingerprint density at radius 1 is 1.38 bits per heavy atom. The van der Waals surface area contributed by atoms with Crippen molar-refractivity contribution in [2.24, 2.45) is 0 Å². The molecule has 0 spiro atoms. The molecule has 0 aromatic heterocycles. The van der Waals surface area contributed by atoms with Crippen molar-refractivity contribution < 1.29 is 13.2 Å². The lowest BCUT2D eigenvalue weighted by Crippen LogP contribution is -2.26. The topological polar surface area (TPSA) is 51.2 Å². The van der Waals surface area contributed by atoms with Crippen molar-refractivity contribution in [3.8, 4) is 0 Å².